The van der Waals surface area contributed by atoms with E-state index in [2.05, 4.69) is 4.98 Å². The first-order valence-electron chi connectivity index (χ1n) is 7.52. The molecule has 10 heteroatoms. The van der Waals surface area contributed by atoms with Crippen LogP contribution in [0.4, 0.5) is 0 Å². The quantitative estimate of drug-likeness (QED) is 0.676. The molecule has 0 saturated carbocycles. The van der Waals surface area contributed by atoms with Gasteiger partial charge in [-0.1, -0.05) is 35.3 Å². The average molecular weight is 426 g/mol. The molecule has 7 nitrogen and oxygen atoms in total. The SMILES string of the molecule is COc1ccccc1S(=O)(=O)NC(=O)c1ncn(-c2ccc(Cl)cc2)c1Cl. The van der Waals surface area contributed by atoms with Gasteiger partial charge in [0.15, 0.2) is 5.69 Å². The number of amides is 1. The third-order valence-corrected chi connectivity index (χ3v) is 5.60. The molecule has 0 spiro atoms. The second kappa shape index (κ2) is 7.59. The van der Waals surface area contributed by atoms with E-state index in [0.717, 1.165) is 0 Å². The molecule has 1 N–H and O–H groups in total. The molecule has 0 fully saturated rings. The average Bonchev–Trinajstić information content (AvgIpc) is 3.03. The van der Waals surface area contributed by atoms with Crippen molar-refractivity contribution in [3.05, 3.63) is 70.7 Å². The number of hydrogen-bond acceptors (Lipinski definition) is 5. The Bertz CT molecular complexity index is 1100. The highest BCUT2D eigenvalue weighted by Crippen LogP contribution is 2.24. The molecule has 0 aliphatic heterocycles. The first-order valence-corrected chi connectivity index (χ1v) is 9.76. The number of aromatic nitrogens is 2. The predicted octanol–water partition coefficient (Wildman–Crippen LogP) is 3.31. The smallest absolute Gasteiger partial charge is 0.286 e. The number of hydrogen-bond donors (Lipinski definition) is 1. The van der Waals surface area contributed by atoms with Gasteiger partial charge < -0.3 is 4.74 Å². The number of carbonyl (C=O) groups excluding carboxylic acids is 1. The molecule has 140 valence electrons. The zero-order chi connectivity index (χ0) is 19.6. The number of sulfonamides is 1. The molecule has 3 aromatic rings. The number of rotatable bonds is 5. The molecular weight excluding hydrogens is 413 g/mol. The van der Waals surface area contributed by atoms with Gasteiger partial charge in [0.1, 0.15) is 22.1 Å². The van der Waals surface area contributed by atoms with Gasteiger partial charge in [-0.3, -0.25) is 9.36 Å². The minimum absolute atomic E-state index is 0.0370. The molecule has 3 rings (SSSR count). The van der Waals surface area contributed by atoms with Crippen LogP contribution in [-0.4, -0.2) is 31.0 Å². The number of benzene rings is 2. The lowest BCUT2D eigenvalue weighted by Gasteiger charge is -2.10. The zero-order valence-electron chi connectivity index (χ0n) is 13.9. The Balaban J connectivity index is 1.90. The fraction of sp³-hybridized carbons (Fsp3) is 0.0588. The van der Waals surface area contributed by atoms with E-state index in [0.29, 0.717) is 10.7 Å². The van der Waals surface area contributed by atoms with Gasteiger partial charge in [-0.05, 0) is 36.4 Å². The third-order valence-electron chi connectivity index (χ3n) is 3.61. The van der Waals surface area contributed by atoms with Gasteiger partial charge in [-0.15, -0.1) is 0 Å². The number of nitrogens with zero attached hydrogens (tertiary/aromatic N) is 2. The minimum atomic E-state index is -4.18. The predicted molar refractivity (Wildman–Crippen MR) is 101 cm³/mol. The first kappa shape index (κ1) is 19.2. The van der Waals surface area contributed by atoms with E-state index in [-0.39, 0.29) is 21.5 Å². The van der Waals surface area contributed by atoms with Crippen LogP contribution in [0.3, 0.4) is 0 Å². The Morgan fingerprint density at radius 3 is 2.44 bits per heavy atom. The summed E-state index contributed by atoms with van der Waals surface area (Å²) in [7, 11) is -2.84. The van der Waals surface area contributed by atoms with Gasteiger partial charge in [0.05, 0.1) is 7.11 Å². The minimum Gasteiger partial charge on any atom is -0.495 e. The molecule has 1 aromatic heterocycles. The van der Waals surface area contributed by atoms with Gasteiger partial charge in [-0.25, -0.2) is 18.1 Å². The largest absolute Gasteiger partial charge is 0.495 e. The van der Waals surface area contributed by atoms with Crippen LogP contribution in [-0.2, 0) is 10.0 Å². The highest BCUT2D eigenvalue weighted by Gasteiger charge is 2.25. The Labute approximate surface area is 165 Å². The van der Waals surface area contributed by atoms with Crippen molar-refractivity contribution in [3.8, 4) is 11.4 Å². The second-order valence-electron chi connectivity index (χ2n) is 5.32. The van der Waals surface area contributed by atoms with Crippen LogP contribution >= 0.6 is 23.2 Å². The van der Waals surface area contributed by atoms with Crippen molar-refractivity contribution in [1.29, 1.82) is 0 Å². The molecule has 1 heterocycles. The highest BCUT2D eigenvalue weighted by atomic mass is 35.5. The van der Waals surface area contributed by atoms with Crippen molar-refractivity contribution >= 4 is 39.1 Å². The Morgan fingerprint density at radius 2 is 1.78 bits per heavy atom. The lowest BCUT2D eigenvalue weighted by atomic mass is 10.3. The van der Waals surface area contributed by atoms with E-state index >= 15 is 0 Å². The maximum Gasteiger partial charge on any atom is 0.286 e. The van der Waals surface area contributed by atoms with Gasteiger partial charge in [0, 0.05) is 10.7 Å². The van der Waals surface area contributed by atoms with E-state index < -0.39 is 15.9 Å². The summed E-state index contributed by atoms with van der Waals surface area (Å²) >= 11 is 12.1. The maximum atomic E-state index is 12.5. The van der Waals surface area contributed by atoms with E-state index in [1.165, 1.54) is 36.2 Å². The number of carbonyl (C=O) groups is 1. The van der Waals surface area contributed by atoms with Crippen molar-refractivity contribution in [2.45, 2.75) is 4.90 Å². The topological polar surface area (TPSA) is 90.3 Å². The van der Waals surface area contributed by atoms with Crippen molar-refractivity contribution < 1.29 is 17.9 Å². The Hall–Kier alpha value is -2.55. The summed E-state index contributed by atoms with van der Waals surface area (Å²) in [5.74, 6) is -0.853. The van der Waals surface area contributed by atoms with Crippen LogP contribution in [0.5, 0.6) is 5.75 Å². The van der Waals surface area contributed by atoms with E-state index in [1.807, 2.05) is 4.72 Å². The molecule has 0 bridgehead atoms. The number of methoxy groups -OCH3 is 1. The summed E-state index contributed by atoms with van der Waals surface area (Å²) in [5.41, 5.74) is 0.383. The molecule has 1 amide bonds. The second-order valence-corrected chi connectivity index (χ2v) is 7.76. The maximum absolute atomic E-state index is 12.5. The van der Waals surface area contributed by atoms with Crippen LogP contribution in [0.25, 0.3) is 5.69 Å². The lowest BCUT2D eigenvalue weighted by molar-refractivity contribution is 0.0977. The third kappa shape index (κ3) is 3.92. The number of halogens is 2. The van der Waals surface area contributed by atoms with Crippen molar-refractivity contribution in [2.75, 3.05) is 7.11 Å². The molecular formula is C17H13Cl2N3O4S. The van der Waals surface area contributed by atoms with E-state index in [1.54, 1.807) is 30.3 Å². The molecule has 2 aromatic carbocycles. The summed E-state index contributed by atoms with van der Waals surface area (Å²) in [6.45, 7) is 0. The fourth-order valence-corrected chi connectivity index (χ4v) is 3.86. The van der Waals surface area contributed by atoms with Crippen molar-refractivity contribution in [2.24, 2.45) is 0 Å². The highest BCUT2D eigenvalue weighted by molar-refractivity contribution is 7.90. The van der Waals surface area contributed by atoms with Crippen LogP contribution < -0.4 is 9.46 Å². The van der Waals surface area contributed by atoms with E-state index in [4.69, 9.17) is 27.9 Å². The van der Waals surface area contributed by atoms with Crippen LogP contribution in [0.2, 0.25) is 10.2 Å². The van der Waals surface area contributed by atoms with Crippen LogP contribution in [0.15, 0.2) is 59.8 Å². The lowest BCUT2D eigenvalue weighted by Crippen LogP contribution is -2.31. The van der Waals surface area contributed by atoms with Gasteiger partial charge >= 0.3 is 0 Å². The molecule has 0 aliphatic carbocycles. The standard InChI is InChI=1S/C17H13Cl2N3O4S/c1-26-13-4-2-3-5-14(13)27(24,25)21-17(23)15-16(19)22(10-20-15)12-8-6-11(18)7-9-12/h2-10H,1H3,(H,21,23). The van der Waals surface area contributed by atoms with Crippen molar-refractivity contribution in [1.82, 2.24) is 14.3 Å². The molecule has 27 heavy (non-hydrogen) atoms. The normalized spacial score (nSPS) is 11.2. The zero-order valence-corrected chi connectivity index (χ0v) is 16.2. The summed E-state index contributed by atoms with van der Waals surface area (Å²) < 4.78 is 33.4. The number of ether oxygens (including phenoxy) is 1. The Kier molecular flexibility index (Phi) is 5.41. The first-order chi connectivity index (χ1) is 12.8. The Morgan fingerprint density at radius 1 is 1.11 bits per heavy atom. The van der Waals surface area contributed by atoms with Crippen molar-refractivity contribution in [3.63, 3.8) is 0 Å². The van der Waals surface area contributed by atoms with E-state index in [9.17, 15) is 13.2 Å². The molecule has 0 aliphatic rings. The molecule has 0 radical (unpaired) electrons. The molecule has 0 saturated heterocycles. The number of imidazole rings is 1. The van der Waals surface area contributed by atoms with Gasteiger partial charge in [-0.2, -0.15) is 0 Å². The summed E-state index contributed by atoms with van der Waals surface area (Å²) in [4.78, 5) is 16.2. The monoisotopic (exact) mass is 425 g/mol. The summed E-state index contributed by atoms with van der Waals surface area (Å²) in [5, 5.41) is 0.501. The summed E-state index contributed by atoms with van der Waals surface area (Å²) in [6.07, 6.45) is 1.32. The molecule has 0 atom stereocenters. The number of para-hydroxylation sites is 1. The van der Waals surface area contributed by atoms with Gasteiger partial charge in [0.25, 0.3) is 15.9 Å². The van der Waals surface area contributed by atoms with Gasteiger partial charge in [0.2, 0.25) is 0 Å². The van der Waals surface area contributed by atoms with Crippen LogP contribution in [0, 0.1) is 0 Å². The molecule has 0 unspecified atom stereocenters. The number of nitrogens with one attached hydrogen (secondary N) is 1. The van der Waals surface area contributed by atoms with Crippen LogP contribution in [0.1, 0.15) is 10.5 Å². The fourth-order valence-electron chi connectivity index (χ4n) is 2.33. The summed E-state index contributed by atoms with van der Waals surface area (Å²) in [6, 6.07) is 12.6.